The van der Waals surface area contributed by atoms with E-state index in [0.29, 0.717) is 21.3 Å². The summed E-state index contributed by atoms with van der Waals surface area (Å²) in [4.78, 5) is 56.3. The van der Waals surface area contributed by atoms with Gasteiger partial charge in [0.1, 0.15) is 11.1 Å². The monoisotopic (exact) mass is 581 g/mol. The first-order valence-electron chi connectivity index (χ1n) is 11.7. The number of rotatable bonds is 7. The van der Waals surface area contributed by atoms with Gasteiger partial charge in [-0.05, 0) is 74.4 Å². The number of pyridine rings is 1. The number of carbonyl (C=O) groups is 4. The fraction of sp³-hybridized carbons (Fsp3) is 0.214. The number of thioether (sulfide) groups is 1. The van der Waals surface area contributed by atoms with Crippen LogP contribution in [-0.2, 0) is 14.3 Å². The molecule has 2 heterocycles. The zero-order chi connectivity index (χ0) is 28.4. The van der Waals surface area contributed by atoms with Crippen LogP contribution < -0.4 is 4.90 Å². The second kappa shape index (κ2) is 11.6. The van der Waals surface area contributed by atoms with Gasteiger partial charge in [-0.1, -0.05) is 35.0 Å². The molecule has 1 aliphatic heterocycles. The smallest absolute Gasteiger partial charge is 0.338 e. The Morgan fingerprint density at radius 2 is 1.79 bits per heavy atom. The normalized spacial score (nSPS) is 14.9. The minimum absolute atomic E-state index is 0.0544. The van der Waals surface area contributed by atoms with Gasteiger partial charge in [0.15, 0.2) is 6.61 Å². The van der Waals surface area contributed by atoms with Crippen LogP contribution >= 0.6 is 35.0 Å². The first kappa shape index (κ1) is 28.3. The predicted octanol–water partition coefficient (Wildman–Crippen LogP) is 5.65. The molecule has 4 rings (SSSR count). The van der Waals surface area contributed by atoms with Crippen LogP contribution in [0.2, 0.25) is 10.0 Å². The van der Waals surface area contributed by atoms with Crippen molar-refractivity contribution in [1.82, 2.24) is 4.98 Å². The van der Waals surface area contributed by atoms with Gasteiger partial charge in [0, 0.05) is 22.7 Å². The van der Waals surface area contributed by atoms with Crippen LogP contribution in [0.4, 0.5) is 5.69 Å². The van der Waals surface area contributed by atoms with Crippen molar-refractivity contribution in [2.45, 2.75) is 37.5 Å². The third-order valence-electron chi connectivity index (χ3n) is 6.36. The Kier molecular flexibility index (Phi) is 8.40. The second-order valence-corrected chi connectivity index (χ2v) is 10.8. The zero-order valence-electron chi connectivity index (χ0n) is 21.1. The lowest BCUT2D eigenvalue weighted by molar-refractivity contribution is -0.121. The van der Waals surface area contributed by atoms with Gasteiger partial charge in [-0.15, -0.1) is 0 Å². The standard InChI is InChI=1S/C28H21Cl2N3O5S/c1-14-15(2)21(12-31)26(32-16(14)3)39-24-11-25(35)33(27(24)36)19-7-4-17(5-8-19)28(37)38-13-23(34)20-9-6-18(29)10-22(20)30/h4-10,24H,11,13H2,1-3H3. The molecule has 0 aliphatic carbocycles. The number of ketones is 1. The second-order valence-electron chi connectivity index (χ2n) is 8.79. The number of halogens is 2. The highest BCUT2D eigenvalue weighted by Crippen LogP contribution is 2.36. The van der Waals surface area contributed by atoms with E-state index in [-0.39, 0.29) is 22.6 Å². The SMILES string of the molecule is Cc1nc(SC2CC(=O)N(c3ccc(C(=O)OCC(=O)c4ccc(Cl)cc4Cl)cc3)C2=O)c(C#N)c(C)c1C. The number of hydrogen-bond donors (Lipinski definition) is 0. The van der Waals surface area contributed by atoms with Gasteiger partial charge in [-0.25, -0.2) is 14.7 Å². The van der Waals surface area contributed by atoms with Crippen LogP contribution in [0.5, 0.6) is 0 Å². The molecule has 2 aromatic carbocycles. The highest BCUT2D eigenvalue weighted by molar-refractivity contribution is 8.00. The van der Waals surface area contributed by atoms with Crippen LogP contribution in [0.3, 0.4) is 0 Å². The van der Waals surface area contributed by atoms with Crippen LogP contribution in [0.15, 0.2) is 47.5 Å². The number of nitriles is 1. The summed E-state index contributed by atoms with van der Waals surface area (Å²) in [7, 11) is 0. The van der Waals surface area contributed by atoms with Crippen LogP contribution in [-0.4, -0.2) is 40.4 Å². The van der Waals surface area contributed by atoms with E-state index in [0.717, 1.165) is 33.5 Å². The molecule has 11 heteroatoms. The van der Waals surface area contributed by atoms with E-state index in [1.54, 1.807) is 0 Å². The number of anilines is 1. The Morgan fingerprint density at radius 1 is 1.10 bits per heavy atom. The van der Waals surface area contributed by atoms with Crippen molar-refractivity contribution in [2.24, 2.45) is 0 Å². The molecule has 1 aliphatic rings. The number of ether oxygens (including phenoxy) is 1. The summed E-state index contributed by atoms with van der Waals surface area (Å²) in [5, 5.41) is 9.82. The average molecular weight is 582 g/mol. The topological polar surface area (TPSA) is 117 Å². The van der Waals surface area contributed by atoms with Gasteiger partial charge in [-0.3, -0.25) is 14.4 Å². The molecule has 1 saturated heterocycles. The number of hydrogen-bond acceptors (Lipinski definition) is 8. The number of benzene rings is 2. The summed E-state index contributed by atoms with van der Waals surface area (Å²) in [6.07, 6.45) is -0.0544. The van der Waals surface area contributed by atoms with E-state index in [9.17, 15) is 24.4 Å². The minimum Gasteiger partial charge on any atom is -0.454 e. The Bertz CT molecular complexity index is 1570. The largest absolute Gasteiger partial charge is 0.454 e. The number of amides is 2. The van der Waals surface area contributed by atoms with Crippen molar-refractivity contribution in [3.63, 3.8) is 0 Å². The molecular formula is C28H21Cl2N3O5S. The highest BCUT2D eigenvalue weighted by Gasteiger charge is 2.41. The lowest BCUT2D eigenvalue weighted by atomic mass is 10.1. The molecule has 2 amide bonds. The lowest BCUT2D eigenvalue weighted by Crippen LogP contribution is -2.31. The molecule has 198 valence electrons. The van der Waals surface area contributed by atoms with E-state index >= 15 is 0 Å². The Balaban J connectivity index is 1.43. The van der Waals surface area contributed by atoms with E-state index in [4.69, 9.17) is 27.9 Å². The number of esters is 1. The first-order valence-corrected chi connectivity index (χ1v) is 13.3. The van der Waals surface area contributed by atoms with Crippen molar-refractivity contribution in [2.75, 3.05) is 11.5 Å². The van der Waals surface area contributed by atoms with E-state index in [1.807, 2.05) is 20.8 Å². The maximum Gasteiger partial charge on any atom is 0.338 e. The Morgan fingerprint density at radius 3 is 2.44 bits per heavy atom. The third-order valence-corrected chi connectivity index (χ3v) is 8.08. The molecule has 1 unspecified atom stereocenters. The summed E-state index contributed by atoms with van der Waals surface area (Å²) in [5.74, 6) is -2.09. The molecule has 1 aromatic heterocycles. The van der Waals surface area contributed by atoms with Gasteiger partial charge in [0.05, 0.1) is 27.1 Å². The summed E-state index contributed by atoms with van der Waals surface area (Å²) < 4.78 is 5.11. The van der Waals surface area contributed by atoms with Crippen molar-refractivity contribution in [3.05, 3.63) is 86.0 Å². The average Bonchev–Trinajstić information content (AvgIpc) is 3.18. The number of aryl methyl sites for hydroxylation is 1. The fourth-order valence-electron chi connectivity index (χ4n) is 3.98. The predicted molar refractivity (Wildman–Crippen MR) is 147 cm³/mol. The molecule has 39 heavy (non-hydrogen) atoms. The number of Topliss-reactive ketones (excluding diaryl/α,β-unsaturated/α-hetero) is 1. The Labute approximate surface area is 238 Å². The molecule has 8 nitrogen and oxygen atoms in total. The minimum atomic E-state index is -0.757. The van der Waals surface area contributed by atoms with Crippen molar-refractivity contribution in [1.29, 1.82) is 5.26 Å². The lowest BCUT2D eigenvalue weighted by Gasteiger charge is -2.16. The third kappa shape index (κ3) is 5.83. The summed E-state index contributed by atoms with van der Waals surface area (Å²) >= 11 is 13.0. The molecule has 3 aromatic rings. The van der Waals surface area contributed by atoms with Gasteiger partial charge in [0.25, 0.3) is 0 Å². The quantitative estimate of drug-likeness (QED) is 0.199. The number of nitrogens with zero attached hydrogens (tertiary/aromatic N) is 3. The van der Waals surface area contributed by atoms with Crippen LogP contribution in [0.1, 0.15) is 49.5 Å². The van der Waals surface area contributed by atoms with E-state index < -0.39 is 35.4 Å². The summed E-state index contributed by atoms with van der Waals surface area (Å²) in [6, 6.07) is 12.2. The molecule has 1 fully saturated rings. The molecule has 0 spiro atoms. The molecule has 1 atom stereocenters. The number of imide groups is 1. The number of aromatic nitrogens is 1. The highest BCUT2D eigenvalue weighted by atomic mass is 35.5. The molecule has 0 radical (unpaired) electrons. The van der Waals surface area contributed by atoms with Gasteiger partial charge < -0.3 is 4.74 Å². The molecular weight excluding hydrogens is 561 g/mol. The van der Waals surface area contributed by atoms with Crippen LogP contribution in [0.25, 0.3) is 0 Å². The number of carbonyl (C=O) groups excluding carboxylic acids is 4. The Hall–Kier alpha value is -3.71. The van der Waals surface area contributed by atoms with E-state index in [1.165, 1.54) is 42.5 Å². The molecule has 0 bridgehead atoms. The van der Waals surface area contributed by atoms with Crippen LogP contribution in [0, 0.1) is 32.1 Å². The van der Waals surface area contributed by atoms with Crippen molar-refractivity contribution < 1.29 is 23.9 Å². The zero-order valence-corrected chi connectivity index (χ0v) is 23.4. The summed E-state index contributed by atoms with van der Waals surface area (Å²) in [5.41, 5.74) is 3.44. The van der Waals surface area contributed by atoms with Crippen molar-refractivity contribution >= 4 is 64.2 Å². The maximum atomic E-state index is 13.2. The summed E-state index contributed by atoms with van der Waals surface area (Å²) in [6.45, 7) is 5.01. The molecule has 0 N–H and O–H groups in total. The van der Waals surface area contributed by atoms with Gasteiger partial charge in [-0.2, -0.15) is 5.26 Å². The van der Waals surface area contributed by atoms with Gasteiger partial charge in [0.2, 0.25) is 17.6 Å². The molecule has 0 saturated carbocycles. The van der Waals surface area contributed by atoms with E-state index in [2.05, 4.69) is 11.1 Å². The van der Waals surface area contributed by atoms with Crippen molar-refractivity contribution in [3.8, 4) is 6.07 Å². The first-order chi connectivity index (χ1) is 18.5. The fourth-order valence-corrected chi connectivity index (χ4v) is 5.71. The van der Waals surface area contributed by atoms with Gasteiger partial charge >= 0.3 is 5.97 Å². The maximum absolute atomic E-state index is 13.2.